The number of benzene rings is 1. The Morgan fingerprint density at radius 1 is 1.12 bits per heavy atom. The van der Waals surface area contributed by atoms with Crippen LogP contribution in [0.15, 0.2) is 52.7 Å². The lowest BCUT2D eigenvalue weighted by Crippen LogP contribution is -2.20. The Kier molecular flexibility index (Phi) is 3.61. The van der Waals surface area contributed by atoms with E-state index in [4.69, 9.17) is 5.73 Å². The maximum atomic E-state index is 12.1. The van der Waals surface area contributed by atoms with Crippen LogP contribution in [0, 0.1) is 0 Å². The van der Waals surface area contributed by atoms with Gasteiger partial charge in [-0.2, -0.15) is 0 Å². The summed E-state index contributed by atoms with van der Waals surface area (Å²) in [6.45, 7) is 0. The lowest BCUT2D eigenvalue weighted by molar-refractivity contribution is 0.589. The molecule has 1 unspecified atom stereocenters. The average Bonchev–Trinajstić information content (AvgIpc) is 2.83. The molecule has 3 nitrogen and oxygen atoms in total. The summed E-state index contributed by atoms with van der Waals surface area (Å²) in [6.07, 6.45) is 0. The van der Waals surface area contributed by atoms with Crippen molar-refractivity contribution in [1.29, 1.82) is 0 Å². The summed E-state index contributed by atoms with van der Waals surface area (Å²) in [6, 6.07) is 11.7. The topological polar surface area (TPSA) is 60.2 Å². The molecule has 1 heterocycles. The molecule has 2 rings (SSSR count). The number of thiophene rings is 1. The second-order valence-corrected chi connectivity index (χ2v) is 6.73. The van der Waals surface area contributed by atoms with E-state index in [2.05, 4.69) is 0 Å². The zero-order valence-corrected chi connectivity index (χ0v) is 10.7. The Morgan fingerprint density at radius 2 is 1.82 bits per heavy atom. The SMILES string of the molecule is NC(CS(=O)(=O)c1ccccc1)c1cccs1. The van der Waals surface area contributed by atoms with Crippen LogP contribution in [0.3, 0.4) is 0 Å². The van der Waals surface area contributed by atoms with Crippen molar-refractivity contribution in [2.75, 3.05) is 5.75 Å². The Morgan fingerprint density at radius 3 is 2.41 bits per heavy atom. The minimum absolute atomic E-state index is 0.0580. The number of sulfone groups is 1. The molecule has 1 aromatic heterocycles. The average molecular weight is 267 g/mol. The zero-order valence-electron chi connectivity index (χ0n) is 9.11. The molecule has 0 radical (unpaired) electrons. The van der Waals surface area contributed by atoms with Gasteiger partial charge in [-0.15, -0.1) is 11.3 Å². The third kappa shape index (κ3) is 2.94. The normalized spacial score (nSPS) is 13.5. The van der Waals surface area contributed by atoms with Crippen molar-refractivity contribution in [3.8, 4) is 0 Å². The minimum atomic E-state index is -3.30. The van der Waals surface area contributed by atoms with E-state index in [1.165, 1.54) is 11.3 Å². The molecular formula is C12H13NO2S2. The van der Waals surface area contributed by atoms with Crippen molar-refractivity contribution >= 4 is 21.2 Å². The fourth-order valence-corrected chi connectivity index (χ4v) is 3.80. The molecule has 2 aromatic rings. The lowest BCUT2D eigenvalue weighted by atomic mass is 10.3. The molecule has 0 fully saturated rings. The predicted molar refractivity (Wildman–Crippen MR) is 69.7 cm³/mol. The van der Waals surface area contributed by atoms with E-state index >= 15 is 0 Å². The molecule has 90 valence electrons. The van der Waals surface area contributed by atoms with Gasteiger partial charge in [0.2, 0.25) is 0 Å². The highest BCUT2D eigenvalue weighted by atomic mass is 32.2. The lowest BCUT2D eigenvalue weighted by Gasteiger charge is -2.10. The first-order chi connectivity index (χ1) is 8.09. The van der Waals surface area contributed by atoms with E-state index in [0.29, 0.717) is 4.90 Å². The van der Waals surface area contributed by atoms with Gasteiger partial charge in [-0.05, 0) is 23.6 Å². The molecular weight excluding hydrogens is 254 g/mol. The van der Waals surface area contributed by atoms with Gasteiger partial charge in [0.1, 0.15) is 0 Å². The van der Waals surface area contributed by atoms with Crippen LogP contribution in [0.25, 0.3) is 0 Å². The summed E-state index contributed by atoms with van der Waals surface area (Å²) in [5, 5.41) is 1.89. The Labute approximate surface area is 105 Å². The van der Waals surface area contributed by atoms with Gasteiger partial charge in [0.05, 0.1) is 16.7 Å². The first-order valence-corrected chi connectivity index (χ1v) is 7.69. The Balaban J connectivity index is 2.19. The van der Waals surface area contributed by atoms with E-state index in [1.54, 1.807) is 30.3 Å². The molecule has 0 aliphatic rings. The van der Waals surface area contributed by atoms with Gasteiger partial charge in [-0.3, -0.25) is 0 Å². The van der Waals surface area contributed by atoms with Crippen LogP contribution in [0.2, 0.25) is 0 Å². The maximum absolute atomic E-state index is 12.1. The van der Waals surface area contributed by atoms with Gasteiger partial charge in [0.25, 0.3) is 0 Å². The van der Waals surface area contributed by atoms with Gasteiger partial charge in [-0.25, -0.2) is 8.42 Å². The van der Waals surface area contributed by atoms with Crippen LogP contribution in [0.1, 0.15) is 10.9 Å². The smallest absolute Gasteiger partial charge is 0.180 e. The first kappa shape index (κ1) is 12.3. The van der Waals surface area contributed by atoms with Crippen LogP contribution in [-0.4, -0.2) is 14.2 Å². The summed E-state index contributed by atoms with van der Waals surface area (Å²) in [5.41, 5.74) is 5.89. The summed E-state index contributed by atoms with van der Waals surface area (Å²) >= 11 is 1.48. The molecule has 0 saturated carbocycles. The molecule has 2 N–H and O–H groups in total. The highest BCUT2D eigenvalue weighted by molar-refractivity contribution is 7.91. The summed E-state index contributed by atoms with van der Waals surface area (Å²) in [5.74, 6) is -0.0580. The van der Waals surface area contributed by atoms with Gasteiger partial charge < -0.3 is 5.73 Å². The fraction of sp³-hybridized carbons (Fsp3) is 0.167. The molecule has 5 heteroatoms. The first-order valence-electron chi connectivity index (χ1n) is 5.16. The van der Waals surface area contributed by atoms with Crippen molar-refractivity contribution < 1.29 is 8.42 Å². The highest BCUT2D eigenvalue weighted by Crippen LogP contribution is 2.21. The van der Waals surface area contributed by atoms with Crippen LogP contribution in [0.4, 0.5) is 0 Å². The number of hydrogen-bond donors (Lipinski definition) is 1. The second kappa shape index (κ2) is 5.00. The molecule has 0 bridgehead atoms. The quantitative estimate of drug-likeness (QED) is 0.924. The molecule has 0 spiro atoms. The number of hydrogen-bond acceptors (Lipinski definition) is 4. The Bertz CT molecular complexity index is 562. The highest BCUT2D eigenvalue weighted by Gasteiger charge is 2.20. The number of nitrogens with two attached hydrogens (primary N) is 1. The van der Waals surface area contributed by atoms with E-state index in [9.17, 15) is 8.42 Å². The van der Waals surface area contributed by atoms with Gasteiger partial charge in [-0.1, -0.05) is 24.3 Å². The van der Waals surface area contributed by atoms with Crippen LogP contribution in [-0.2, 0) is 9.84 Å². The summed E-state index contributed by atoms with van der Waals surface area (Å²) in [4.78, 5) is 1.22. The molecule has 1 atom stereocenters. The van der Waals surface area contributed by atoms with Gasteiger partial charge >= 0.3 is 0 Å². The minimum Gasteiger partial charge on any atom is -0.322 e. The van der Waals surface area contributed by atoms with Crippen molar-refractivity contribution in [2.24, 2.45) is 5.73 Å². The second-order valence-electron chi connectivity index (χ2n) is 3.72. The van der Waals surface area contributed by atoms with Crippen LogP contribution < -0.4 is 5.73 Å². The monoisotopic (exact) mass is 267 g/mol. The van der Waals surface area contributed by atoms with E-state index in [0.717, 1.165) is 4.88 Å². The molecule has 1 aromatic carbocycles. The molecule has 0 amide bonds. The predicted octanol–water partition coefficient (Wildman–Crippen LogP) is 2.22. The van der Waals surface area contributed by atoms with E-state index in [-0.39, 0.29) is 5.75 Å². The molecule has 0 aliphatic heterocycles. The number of rotatable bonds is 4. The van der Waals surface area contributed by atoms with Crippen molar-refractivity contribution in [2.45, 2.75) is 10.9 Å². The fourth-order valence-electron chi connectivity index (χ4n) is 1.54. The summed E-state index contributed by atoms with van der Waals surface area (Å²) < 4.78 is 24.1. The van der Waals surface area contributed by atoms with Crippen molar-refractivity contribution in [3.63, 3.8) is 0 Å². The van der Waals surface area contributed by atoms with E-state index < -0.39 is 15.9 Å². The Hall–Kier alpha value is -1.17. The molecule has 0 saturated heterocycles. The van der Waals surface area contributed by atoms with Gasteiger partial charge in [0.15, 0.2) is 9.84 Å². The summed E-state index contributed by atoms with van der Waals surface area (Å²) in [7, 11) is -3.30. The third-order valence-electron chi connectivity index (χ3n) is 2.41. The molecule has 17 heavy (non-hydrogen) atoms. The molecule has 0 aliphatic carbocycles. The largest absolute Gasteiger partial charge is 0.322 e. The zero-order chi connectivity index (χ0) is 12.3. The van der Waals surface area contributed by atoms with Gasteiger partial charge in [0, 0.05) is 4.88 Å². The standard InChI is InChI=1S/C12H13NO2S2/c13-11(12-7-4-8-16-12)9-17(14,15)10-5-2-1-3-6-10/h1-8,11H,9,13H2. The van der Waals surface area contributed by atoms with Crippen LogP contribution >= 0.6 is 11.3 Å². The van der Waals surface area contributed by atoms with E-state index in [1.807, 2.05) is 17.5 Å². The van der Waals surface area contributed by atoms with Crippen molar-refractivity contribution in [3.05, 3.63) is 52.7 Å². The van der Waals surface area contributed by atoms with Crippen molar-refractivity contribution in [1.82, 2.24) is 0 Å². The van der Waals surface area contributed by atoms with Crippen LogP contribution in [0.5, 0.6) is 0 Å². The third-order valence-corrected chi connectivity index (χ3v) is 5.20. The maximum Gasteiger partial charge on any atom is 0.180 e.